The van der Waals surface area contributed by atoms with Crippen LogP contribution >= 0.6 is 35.0 Å². The monoisotopic (exact) mass is 460 g/mol. The molecule has 4 aromatic rings. The summed E-state index contributed by atoms with van der Waals surface area (Å²) in [5.74, 6) is -0.308. The maximum Gasteiger partial charge on any atom is 0.238 e. The molecule has 4 rings (SSSR count). The summed E-state index contributed by atoms with van der Waals surface area (Å²) in [6.45, 7) is 1.76. The van der Waals surface area contributed by atoms with E-state index in [1.807, 2.05) is 18.2 Å². The van der Waals surface area contributed by atoms with E-state index in [1.165, 1.54) is 36.2 Å². The highest BCUT2D eigenvalue weighted by atomic mass is 35.5. The van der Waals surface area contributed by atoms with Gasteiger partial charge in [0.2, 0.25) is 5.91 Å². The predicted octanol–water partition coefficient (Wildman–Crippen LogP) is 6.19. The first-order valence-corrected chi connectivity index (χ1v) is 10.6. The zero-order valence-electron chi connectivity index (χ0n) is 15.6. The van der Waals surface area contributed by atoms with Gasteiger partial charge in [0.25, 0.3) is 0 Å². The molecule has 0 bridgehead atoms. The van der Waals surface area contributed by atoms with Crippen LogP contribution in [0.15, 0.2) is 59.9 Å². The fraction of sp³-hybridized carbons (Fsp3) is 0.0952. The Balaban J connectivity index is 1.54. The van der Waals surface area contributed by atoms with Gasteiger partial charge in [0.15, 0.2) is 11.0 Å². The number of nitrogens with zero attached hydrogens (tertiary/aromatic N) is 2. The van der Waals surface area contributed by atoms with E-state index in [0.29, 0.717) is 10.2 Å². The summed E-state index contributed by atoms with van der Waals surface area (Å²) in [4.78, 5) is 24.5. The molecule has 1 unspecified atom stereocenters. The lowest BCUT2D eigenvalue weighted by molar-refractivity contribution is -0.115. The molecule has 0 spiro atoms. The van der Waals surface area contributed by atoms with Crippen LogP contribution in [-0.2, 0) is 4.79 Å². The van der Waals surface area contributed by atoms with Crippen molar-refractivity contribution in [3.05, 3.63) is 70.6 Å². The fourth-order valence-electron chi connectivity index (χ4n) is 2.87. The van der Waals surface area contributed by atoms with Crippen molar-refractivity contribution in [2.24, 2.45) is 0 Å². The molecule has 2 aromatic carbocycles. The minimum atomic E-state index is -0.464. The van der Waals surface area contributed by atoms with E-state index in [0.717, 1.165) is 22.2 Å². The van der Waals surface area contributed by atoms with E-state index >= 15 is 0 Å². The minimum absolute atomic E-state index is 0.252. The minimum Gasteiger partial charge on any atom is -0.333 e. The van der Waals surface area contributed by atoms with Gasteiger partial charge in [-0.1, -0.05) is 59.2 Å². The molecular formula is C21H15Cl2FN4OS. The van der Waals surface area contributed by atoms with Crippen molar-refractivity contribution in [2.75, 3.05) is 5.32 Å². The van der Waals surface area contributed by atoms with Gasteiger partial charge in [0.05, 0.1) is 26.3 Å². The maximum absolute atomic E-state index is 13.3. The van der Waals surface area contributed by atoms with E-state index in [9.17, 15) is 9.18 Å². The summed E-state index contributed by atoms with van der Waals surface area (Å²) in [6.07, 6.45) is 1.41. The summed E-state index contributed by atoms with van der Waals surface area (Å²) in [6, 6.07) is 13.5. The molecule has 0 fully saturated rings. The lowest BCUT2D eigenvalue weighted by atomic mass is 10.0. The molecule has 2 aromatic heterocycles. The number of aromatic nitrogens is 3. The van der Waals surface area contributed by atoms with Gasteiger partial charge in [0, 0.05) is 11.8 Å². The van der Waals surface area contributed by atoms with E-state index < -0.39 is 5.25 Å². The SMILES string of the molecule is CC(Sc1nc2c(-c3ccc(F)cc3)cccc2[nH]1)C(=O)Nc1ncc(Cl)cc1Cl. The second-order valence-electron chi connectivity index (χ2n) is 6.48. The van der Waals surface area contributed by atoms with Crippen LogP contribution in [0.5, 0.6) is 0 Å². The molecule has 5 nitrogen and oxygen atoms in total. The number of pyridine rings is 1. The molecule has 0 aliphatic heterocycles. The Morgan fingerprint density at radius 2 is 1.97 bits per heavy atom. The first-order valence-electron chi connectivity index (χ1n) is 8.94. The Kier molecular flexibility index (Phi) is 5.94. The standard InChI is InChI=1S/C21H15Cl2FN4OS/c1-11(20(29)28-19-16(23)9-13(22)10-25-19)30-21-26-17-4-2-3-15(18(17)27-21)12-5-7-14(24)8-6-12/h2-11H,1H3,(H,26,27)(H,25,28,29). The molecule has 0 aliphatic rings. The number of para-hydroxylation sites is 1. The van der Waals surface area contributed by atoms with Gasteiger partial charge >= 0.3 is 0 Å². The summed E-state index contributed by atoms with van der Waals surface area (Å²) in [7, 11) is 0. The highest BCUT2D eigenvalue weighted by Crippen LogP contribution is 2.31. The van der Waals surface area contributed by atoms with Crippen molar-refractivity contribution >= 4 is 57.7 Å². The quantitative estimate of drug-likeness (QED) is 0.348. The number of carbonyl (C=O) groups excluding carboxylic acids is 1. The van der Waals surface area contributed by atoms with Crippen LogP contribution in [0.25, 0.3) is 22.2 Å². The Morgan fingerprint density at radius 1 is 1.20 bits per heavy atom. The molecule has 0 aliphatic carbocycles. The first-order chi connectivity index (χ1) is 14.4. The normalized spacial score (nSPS) is 12.1. The fourth-order valence-corrected chi connectivity index (χ4v) is 4.11. The third-order valence-electron chi connectivity index (χ3n) is 4.35. The lowest BCUT2D eigenvalue weighted by Crippen LogP contribution is -2.23. The average Bonchev–Trinajstić information content (AvgIpc) is 3.13. The van der Waals surface area contributed by atoms with Crippen LogP contribution in [0.4, 0.5) is 10.2 Å². The Morgan fingerprint density at radius 3 is 2.70 bits per heavy atom. The number of amides is 1. The van der Waals surface area contributed by atoms with Crippen molar-refractivity contribution in [2.45, 2.75) is 17.3 Å². The molecule has 1 atom stereocenters. The summed E-state index contributed by atoms with van der Waals surface area (Å²) < 4.78 is 13.3. The van der Waals surface area contributed by atoms with Crippen LogP contribution in [0.1, 0.15) is 6.92 Å². The zero-order chi connectivity index (χ0) is 21.3. The third-order valence-corrected chi connectivity index (χ3v) is 5.83. The number of halogens is 3. The zero-order valence-corrected chi connectivity index (χ0v) is 17.9. The number of aromatic amines is 1. The highest BCUT2D eigenvalue weighted by molar-refractivity contribution is 8.00. The number of hydrogen-bond donors (Lipinski definition) is 2. The first kappa shape index (κ1) is 20.7. The Hall–Kier alpha value is -2.61. The number of anilines is 1. The van der Waals surface area contributed by atoms with Gasteiger partial charge in [-0.2, -0.15) is 0 Å². The topological polar surface area (TPSA) is 70.7 Å². The highest BCUT2D eigenvalue weighted by Gasteiger charge is 2.19. The summed E-state index contributed by atoms with van der Waals surface area (Å²) in [5, 5.41) is 3.48. The van der Waals surface area contributed by atoms with Crippen molar-refractivity contribution in [1.29, 1.82) is 0 Å². The Bertz CT molecular complexity index is 1230. The number of rotatable bonds is 5. The number of benzene rings is 2. The number of fused-ring (bicyclic) bond motifs is 1. The molecule has 9 heteroatoms. The number of carbonyl (C=O) groups is 1. The molecule has 152 valence electrons. The van der Waals surface area contributed by atoms with E-state index in [2.05, 4.69) is 20.3 Å². The van der Waals surface area contributed by atoms with E-state index in [1.54, 1.807) is 19.1 Å². The van der Waals surface area contributed by atoms with E-state index in [4.69, 9.17) is 23.2 Å². The number of hydrogen-bond acceptors (Lipinski definition) is 4. The molecule has 2 N–H and O–H groups in total. The van der Waals surface area contributed by atoms with Crippen molar-refractivity contribution < 1.29 is 9.18 Å². The van der Waals surface area contributed by atoms with Gasteiger partial charge in [-0.15, -0.1) is 0 Å². The predicted molar refractivity (Wildman–Crippen MR) is 120 cm³/mol. The molecule has 0 saturated heterocycles. The van der Waals surface area contributed by atoms with Crippen LogP contribution in [0.3, 0.4) is 0 Å². The van der Waals surface area contributed by atoms with Crippen LogP contribution in [-0.4, -0.2) is 26.1 Å². The number of H-pyrrole nitrogens is 1. The van der Waals surface area contributed by atoms with Crippen molar-refractivity contribution in [3.63, 3.8) is 0 Å². The molecule has 30 heavy (non-hydrogen) atoms. The smallest absolute Gasteiger partial charge is 0.238 e. The average molecular weight is 461 g/mol. The lowest BCUT2D eigenvalue weighted by Gasteiger charge is -2.11. The summed E-state index contributed by atoms with van der Waals surface area (Å²) in [5.41, 5.74) is 3.32. The van der Waals surface area contributed by atoms with Crippen LogP contribution < -0.4 is 5.32 Å². The van der Waals surface area contributed by atoms with Gasteiger partial charge in [0.1, 0.15) is 5.82 Å². The third kappa shape index (κ3) is 4.43. The number of imidazole rings is 1. The summed E-state index contributed by atoms with van der Waals surface area (Å²) >= 11 is 13.2. The van der Waals surface area contributed by atoms with Gasteiger partial charge < -0.3 is 10.3 Å². The largest absolute Gasteiger partial charge is 0.333 e. The number of thioether (sulfide) groups is 1. The van der Waals surface area contributed by atoms with Crippen molar-refractivity contribution in [3.8, 4) is 11.1 Å². The molecular weight excluding hydrogens is 446 g/mol. The maximum atomic E-state index is 13.3. The van der Waals surface area contributed by atoms with Gasteiger partial charge in [-0.25, -0.2) is 14.4 Å². The molecule has 0 radical (unpaired) electrons. The van der Waals surface area contributed by atoms with Gasteiger partial charge in [-0.3, -0.25) is 4.79 Å². The second kappa shape index (κ2) is 8.63. The van der Waals surface area contributed by atoms with Crippen LogP contribution in [0.2, 0.25) is 10.0 Å². The molecule has 2 heterocycles. The molecule has 1 amide bonds. The molecule has 0 saturated carbocycles. The van der Waals surface area contributed by atoms with Gasteiger partial charge in [-0.05, 0) is 36.8 Å². The van der Waals surface area contributed by atoms with Crippen molar-refractivity contribution in [1.82, 2.24) is 15.0 Å². The Labute approximate surface area is 186 Å². The number of nitrogens with one attached hydrogen (secondary N) is 2. The van der Waals surface area contributed by atoms with Crippen LogP contribution in [0, 0.1) is 5.82 Å². The van der Waals surface area contributed by atoms with E-state index in [-0.39, 0.29) is 22.6 Å². The second-order valence-corrected chi connectivity index (χ2v) is 8.66.